The summed E-state index contributed by atoms with van der Waals surface area (Å²) < 4.78 is 3.02. The van der Waals surface area contributed by atoms with Crippen molar-refractivity contribution >= 4 is 38.9 Å². The van der Waals surface area contributed by atoms with Crippen LogP contribution in [0.25, 0.3) is 15.8 Å². The molecule has 4 rings (SSSR count). The second-order valence-corrected chi connectivity index (χ2v) is 7.43. The third-order valence-corrected chi connectivity index (χ3v) is 5.75. The first-order valence-corrected chi connectivity index (χ1v) is 9.27. The van der Waals surface area contributed by atoms with Gasteiger partial charge in [-0.3, -0.25) is 0 Å². The number of aromatic nitrogens is 4. The molecule has 0 saturated heterocycles. The molecule has 6 nitrogen and oxygen atoms in total. The van der Waals surface area contributed by atoms with Crippen LogP contribution in [0.1, 0.15) is 23.9 Å². The molecule has 24 heavy (non-hydrogen) atoms. The van der Waals surface area contributed by atoms with Gasteiger partial charge in [-0.15, -0.1) is 21.5 Å². The summed E-state index contributed by atoms with van der Waals surface area (Å²) in [5, 5.41) is 29.2. The van der Waals surface area contributed by atoms with Gasteiger partial charge in [0.2, 0.25) is 0 Å². The van der Waals surface area contributed by atoms with Crippen LogP contribution in [0.3, 0.4) is 0 Å². The maximum atomic E-state index is 10.4. The van der Waals surface area contributed by atoms with Gasteiger partial charge in [0.05, 0.1) is 16.0 Å². The summed E-state index contributed by atoms with van der Waals surface area (Å²) in [5.41, 5.74) is 1.06. The van der Waals surface area contributed by atoms with E-state index in [2.05, 4.69) is 21.3 Å². The highest BCUT2D eigenvalue weighted by molar-refractivity contribution is 7.99. The quantitative estimate of drug-likeness (QED) is 0.425. The number of allylic oxidation sites excluding steroid dienone is 1. The lowest BCUT2D eigenvalue weighted by Crippen LogP contribution is -1.98. The van der Waals surface area contributed by atoms with Gasteiger partial charge >= 0.3 is 0 Å². The second kappa shape index (κ2) is 6.26. The van der Waals surface area contributed by atoms with Crippen LogP contribution in [0.2, 0.25) is 0 Å². The van der Waals surface area contributed by atoms with Crippen LogP contribution in [0.15, 0.2) is 41.5 Å². The second-order valence-electron chi connectivity index (χ2n) is 5.46. The van der Waals surface area contributed by atoms with Crippen LogP contribution in [0.5, 0.6) is 0 Å². The molecule has 1 saturated carbocycles. The SMILES string of the molecule is N#C/C(=C(/O)CSc1nncn1C1CC1)c1nc2ccccc2s1. The van der Waals surface area contributed by atoms with Gasteiger partial charge < -0.3 is 9.67 Å². The zero-order chi connectivity index (χ0) is 16.5. The molecule has 1 aromatic carbocycles. The van der Waals surface area contributed by atoms with Gasteiger partial charge in [0.15, 0.2) is 5.16 Å². The van der Waals surface area contributed by atoms with Crippen molar-refractivity contribution in [1.82, 2.24) is 19.7 Å². The molecule has 2 heterocycles. The van der Waals surface area contributed by atoms with Crippen LogP contribution in [0.4, 0.5) is 0 Å². The number of hydrogen-bond acceptors (Lipinski definition) is 7. The molecular weight excluding hydrogens is 342 g/mol. The lowest BCUT2D eigenvalue weighted by molar-refractivity contribution is 0.420. The Bertz CT molecular complexity index is 931. The topological polar surface area (TPSA) is 87.6 Å². The molecule has 120 valence electrons. The van der Waals surface area contributed by atoms with Crippen LogP contribution in [-0.4, -0.2) is 30.6 Å². The van der Waals surface area contributed by atoms with Gasteiger partial charge in [0.25, 0.3) is 0 Å². The number of rotatable bonds is 5. The number of benzene rings is 1. The number of para-hydroxylation sites is 1. The van der Waals surface area contributed by atoms with Gasteiger partial charge in [-0.25, -0.2) is 4.98 Å². The predicted octanol–water partition coefficient (Wildman–Crippen LogP) is 3.81. The van der Waals surface area contributed by atoms with Gasteiger partial charge in [0, 0.05) is 6.04 Å². The van der Waals surface area contributed by atoms with E-state index in [1.807, 2.05) is 28.8 Å². The molecule has 0 amide bonds. The molecule has 1 N–H and O–H groups in total. The van der Waals surface area contributed by atoms with Crippen LogP contribution < -0.4 is 0 Å². The number of fused-ring (bicyclic) bond motifs is 1. The first kappa shape index (κ1) is 15.2. The average molecular weight is 355 g/mol. The van der Waals surface area contributed by atoms with E-state index < -0.39 is 0 Å². The van der Waals surface area contributed by atoms with E-state index in [4.69, 9.17) is 0 Å². The number of aliphatic hydroxyl groups is 1. The van der Waals surface area contributed by atoms with Crippen molar-refractivity contribution in [3.05, 3.63) is 41.4 Å². The Morgan fingerprint density at radius 3 is 3.00 bits per heavy atom. The molecule has 0 unspecified atom stereocenters. The van der Waals surface area contributed by atoms with Crippen molar-refractivity contribution in [3.63, 3.8) is 0 Å². The van der Waals surface area contributed by atoms with Crippen LogP contribution in [0, 0.1) is 11.3 Å². The summed E-state index contributed by atoms with van der Waals surface area (Å²) in [4.78, 5) is 4.44. The minimum atomic E-state index is 0.0203. The average Bonchev–Trinajstić information content (AvgIpc) is 3.18. The molecule has 1 aliphatic rings. The van der Waals surface area contributed by atoms with Crippen molar-refractivity contribution in [3.8, 4) is 6.07 Å². The summed E-state index contributed by atoms with van der Waals surface area (Å²) in [6.45, 7) is 0. The molecule has 1 fully saturated rings. The van der Waals surface area contributed by atoms with E-state index in [-0.39, 0.29) is 17.1 Å². The smallest absolute Gasteiger partial charge is 0.191 e. The molecule has 3 aromatic rings. The Hall–Kier alpha value is -2.37. The number of thioether (sulfide) groups is 1. The van der Waals surface area contributed by atoms with Gasteiger partial charge in [-0.2, -0.15) is 5.26 Å². The summed E-state index contributed by atoms with van der Waals surface area (Å²) >= 11 is 2.79. The minimum absolute atomic E-state index is 0.0203. The number of nitrogens with zero attached hydrogens (tertiary/aromatic N) is 5. The third-order valence-electron chi connectivity index (χ3n) is 3.73. The number of hydrogen-bond donors (Lipinski definition) is 1. The highest BCUT2D eigenvalue weighted by Gasteiger charge is 2.26. The molecular formula is C16H13N5OS2. The van der Waals surface area contributed by atoms with Gasteiger partial charge in [0.1, 0.15) is 28.7 Å². The van der Waals surface area contributed by atoms with E-state index in [9.17, 15) is 10.4 Å². The molecule has 8 heteroatoms. The highest BCUT2D eigenvalue weighted by atomic mass is 32.2. The van der Waals surface area contributed by atoms with Crippen LogP contribution >= 0.6 is 23.1 Å². The maximum absolute atomic E-state index is 10.4. The Balaban J connectivity index is 1.58. The van der Waals surface area contributed by atoms with Gasteiger partial charge in [-0.05, 0) is 25.0 Å². The normalized spacial score (nSPS) is 15.3. The van der Waals surface area contributed by atoms with E-state index in [1.165, 1.54) is 23.1 Å². The Kier molecular flexibility index (Phi) is 3.96. The first-order chi connectivity index (χ1) is 11.8. The van der Waals surface area contributed by atoms with Crippen molar-refractivity contribution < 1.29 is 5.11 Å². The van der Waals surface area contributed by atoms with E-state index in [0.29, 0.717) is 11.0 Å². The molecule has 1 aliphatic carbocycles. The largest absolute Gasteiger partial charge is 0.510 e. The van der Waals surface area contributed by atoms with Crippen molar-refractivity contribution in [2.75, 3.05) is 5.75 Å². The zero-order valence-corrected chi connectivity index (χ0v) is 14.2. The predicted molar refractivity (Wildman–Crippen MR) is 93.8 cm³/mol. The lowest BCUT2D eigenvalue weighted by atomic mass is 10.2. The van der Waals surface area contributed by atoms with Crippen molar-refractivity contribution in [2.24, 2.45) is 0 Å². The first-order valence-electron chi connectivity index (χ1n) is 7.46. The van der Waals surface area contributed by atoms with Gasteiger partial charge in [-0.1, -0.05) is 23.9 Å². The molecule has 0 atom stereocenters. The zero-order valence-electron chi connectivity index (χ0n) is 12.6. The monoisotopic (exact) mass is 355 g/mol. The summed E-state index contributed by atoms with van der Waals surface area (Å²) in [6, 6.07) is 10.2. The van der Waals surface area contributed by atoms with E-state index in [1.54, 1.807) is 6.33 Å². The summed E-state index contributed by atoms with van der Waals surface area (Å²) in [6.07, 6.45) is 4.00. The van der Waals surface area contributed by atoms with Crippen molar-refractivity contribution in [1.29, 1.82) is 5.26 Å². The van der Waals surface area contributed by atoms with Crippen LogP contribution in [-0.2, 0) is 0 Å². The van der Waals surface area contributed by atoms with Crippen molar-refractivity contribution in [2.45, 2.75) is 24.0 Å². The summed E-state index contributed by atoms with van der Waals surface area (Å²) in [7, 11) is 0. The fraction of sp³-hybridized carbons (Fsp3) is 0.250. The minimum Gasteiger partial charge on any atom is -0.510 e. The molecule has 2 aromatic heterocycles. The molecule has 0 spiro atoms. The molecule has 0 radical (unpaired) electrons. The maximum Gasteiger partial charge on any atom is 0.191 e. The molecule has 0 aliphatic heterocycles. The Labute approximate surface area is 146 Å². The summed E-state index contributed by atoms with van der Waals surface area (Å²) in [5.74, 6) is 0.288. The fourth-order valence-electron chi connectivity index (χ4n) is 2.36. The molecule has 0 bridgehead atoms. The number of aliphatic hydroxyl groups excluding tert-OH is 1. The highest BCUT2D eigenvalue weighted by Crippen LogP contribution is 2.37. The Morgan fingerprint density at radius 2 is 2.25 bits per heavy atom. The Morgan fingerprint density at radius 1 is 1.42 bits per heavy atom. The number of nitriles is 1. The fourth-order valence-corrected chi connectivity index (χ4v) is 4.20. The third kappa shape index (κ3) is 2.88. The number of thiazole rings is 1. The lowest BCUT2D eigenvalue weighted by Gasteiger charge is -2.04. The standard InChI is InChI=1S/C16H13N5OS2/c17-7-11(15-19-12-3-1-2-4-14(12)24-15)13(22)8-23-16-20-18-9-21(16)10-5-6-10/h1-4,9-10,22H,5-6,8H2/b13-11-. The van der Waals surface area contributed by atoms with E-state index in [0.717, 1.165) is 28.2 Å². The van der Waals surface area contributed by atoms with E-state index >= 15 is 0 Å².